The minimum Gasteiger partial charge on any atom is -0.342 e. The van der Waals surface area contributed by atoms with E-state index in [1.165, 1.54) is 0 Å². The number of aromatic nitrogens is 4. The summed E-state index contributed by atoms with van der Waals surface area (Å²) in [7, 11) is 0. The van der Waals surface area contributed by atoms with Crippen LogP contribution in [0.25, 0.3) is 0 Å². The van der Waals surface area contributed by atoms with E-state index in [0.29, 0.717) is 29.8 Å². The Labute approximate surface area is 147 Å². The molecule has 7 nitrogen and oxygen atoms in total. The first kappa shape index (κ1) is 17.3. The monoisotopic (exact) mass is 340 g/mol. The molecule has 1 amide bonds. The van der Waals surface area contributed by atoms with Gasteiger partial charge in [0.1, 0.15) is 17.5 Å². The first-order valence-corrected chi connectivity index (χ1v) is 8.67. The predicted molar refractivity (Wildman–Crippen MR) is 95.5 cm³/mol. The largest absolute Gasteiger partial charge is 0.342 e. The van der Waals surface area contributed by atoms with Crippen LogP contribution in [0.1, 0.15) is 44.1 Å². The summed E-state index contributed by atoms with van der Waals surface area (Å²) in [6.07, 6.45) is 6.45. The van der Waals surface area contributed by atoms with Crippen LogP contribution in [0.3, 0.4) is 0 Å². The fraction of sp³-hybridized carbons (Fsp3) is 0.500. The van der Waals surface area contributed by atoms with Gasteiger partial charge in [-0.25, -0.2) is 15.0 Å². The smallest absolute Gasteiger partial charge is 0.222 e. The minimum atomic E-state index is 0.237. The maximum absolute atomic E-state index is 12.3. The molecular weight excluding hydrogens is 316 g/mol. The van der Waals surface area contributed by atoms with Gasteiger partial charge in [-0.05, 0) is 19.3 Å². The van der Waals surface area contributed by atoms with Crippen LogP contribution in [0.2, 0.25) is 0 Å². The van der Waals surface area contributed by atoms with Crippen molar-refractivity contribution in [2.45, 2.75) is 39.5 Å². The van der Waals surface area contributed by atoms with Gasteiger partial charge in [-0.15, -0.1) is 0 Å². The molecule has 0 spiro atoms. The molecule has 1 aliphatic rings. The van der Waals surface area contributed by atoms with Gasteiger partial charge in [0.2, 0.25) is 5.91 Å². The normalized spacial score (nSPS) is 17.1. The highest BCUT2D eigenvalue weighted by Crippen LogP contribution is 2.28. The highest BCUT2D eigenvalue weighted by Gasteiger charge is 2.28. The summed E-state index contributed by atoms with van der Waals surface area (Å²) >= 11 is 0. The van der Waals surface area contributed by atoms with Crippen molar-refractivity contribution in [2.75, 3.05) is 18.4 Å². The maximum atomic E-state index is 12.3. The molecule has 132 valence electrons. The number of hydrogen-bond donors (Lipinski definition) is 1. The zero-order valence-electron chi connectivity index (χ0n) is 14.9. The van der Waals surface area contributed by atoms with Crippen LogP contribution >= 0.6 is 0 Å². The fourth-order valence-corrected chi connectivity index (χ4v) is 3.07. The lowest BCUT2D eigenvalue weighted by molar-refractivity contribution is -0.130. The molecule has 25 heavy (non-hydrogen) atoms. The summed E-state index contributed by atoms with van der Waals surface area (Å²) < 4.78 is 0. The van der Waals surface area contributed by atoms with Gasteiger partial charge in [-0.2, -0.15) is 0 Å². The molecule has 1 aliphatic heterocycles. The number of nitrogens with zero attached hydrogens (tertiary/aromatic N) is 5. The zero-order chi connectivity index (χ0) is 17.8. The van der Waals surface area contributed by atoms with E-state index in [9.17, 15) is 4.79 Å². The van der Waals surface area contributed by atoms with Crippen LogP contribution in [0.5, 0.6) is 0 Å². The number of nitrogens with one attached hydrogen (secondary N) is 1. The molecule has 0 radical (unpaired) electrons. The van der Waals surface area contributed by atoms with Crippen LogP contribution in [0, 0.1) is 12.8 Å². The summed E-state index contributed by atoms with van der Waals surface area (Å²) in [6.45, 7) is 7.55. The second kappa shape index (κ2) is 7.55. The molecule has 1 fully saturated rings. The Bertz CT molecular complexity index is 734. The van der Waals surface area contributed by atoms with E-state index in [1.54, 1.807) is 18.6 Å². The topological polar surface area (TPSA) is 83.9 Å². The second-order valence-corrected chi connectivity index (χ2v) is 6.86. The standard InChI is InChI=1S/C18H24N6O/c1-12(2)8-18(25)24-7-4-14(11-24)15-9-16(22-13(3)21-15)23-17-10-19-5-6-20-17/h5-6,9-10,12,14H,4,7-8,11H2,1-3H3,(H,20,21,22,23)/t14-/m0/s1. The average Bonchev–Trinajstić information content (AvgIpc) is 3.05. The van der Waals surface area contributed by atoms with E-state index < -0.39 is 0 Å². The van der Waals surface area contributed by atoms with Crippen LogP contribution in [-0.4, -0.2) is 43.8 Å². The van der Waals surface area contributed by atoms with E-state index in [0.717, 1.165) is 25.2 Å². The van der Waals surface area contributed by atoms with Crippen LogP contribution in [0.15, 0.2) is 24.7 Å². The first-order chi connectivity index (χ1) is 12.0. The zero-order valence-corrected chi connectivity index (χ0v) is 14.9. The lowest BCUT2D eigenvalue weighted by Crippen LogP contribution is -2.29. The molecule has 3 rings (SSSR count). The van der Waals surface area contributed by atoms with Crippen molar-refractivity contribution in [2.24, 2.45) is 5.92 Å². The van der Waals surface area contributed by atoms with Gasteiger partial charge in [0, 0.05) is 43.9 Å². The first-order valence-electron chi connectivity index (χ1n) is 8.67. The highest BCUT2D eigenvalue weighted by atomic mass is 16.2. The third kappa shape index (κ3) is 4.49. The highest BCUT2D eigenvalue weighted by molar-refractivity contribution is 5.76. The molecule has 0 saturated carbocycles. The molecule has 7 heteroatoms. The summed E-state index contributed by atoms with van der Waals surface area (Å²) in [5.74, 6) is 2.93. The Morgan fingerprint density at radius 2 is 2.16 bits per heavy atom. The quantitative estimate of drug-likeness (QED) is 0.901. The molecule has 0 bridgehead atoms. The number of anilines is 2. The molecule has 2 aromatic heterocycles. The molecule has 1 atom stereocenters. The van der Waals surface area contributed by atoms with E-state index in [4.69, 9.17) is 0 Å². The number of likely N-dealkylation sites (tertiary alicyclic amines) is 1. The van der Waals surface area contributed by atoms with Gasteiger partial charge in [0.25, 0.3) is 0 Å². The Balaban J connectivity index is 1.71. The Morgan fingerprint density at radius 3 is 2.88 bits per heavy atom. The SMILES string of the molecule is Cc1nc(Nc2cnccn2)cc([C@H]2CCN(C(=O)CC(C)C)C2)n1. The van der Waals surface area contributed by atoms with Crippen molar-refractivity contribution in [3.63, 3.8) is 0 Å². The van der Waals surface area contributed by atoms with Gasteiger partial charge in [0.05, 0.1) is 11.9 Å². The summed E-state index contributed by atoms with van der Waals surface area (Å²) in [4.78, 5) is 31.5. The molecular formula is C18H24N6O. The molecule has 0 aromatic carbocycles. The lowest BCUT2D eigenvalue weighted by Gasteiger charge is -2.18. The third-order valence-corrected chi connectivity index (χ3v) is 4.22. The Kier molecular flexibility index (Phi) is 5.21. The van der Waals surface area contributed by atoms with Gasteiger partial charge in [-0.3, -0.25) is 9.78 Å². The van der Waals surface area contributed by atoms with E-state index in [2.05, 4.69) is 39.1 Å². The van der Waals surface area contributed by atoms with Crippen molar-refractivity contribution in [1.82, 2.24) is 24.8 Å². The molecule has 3 heterocycles. The van der Waals surface area contributed by atoms with E-state index >= 15 is 0 Å². The van der Waals surface area contributed by atoms with Crippen molar-refractivity contribution in [3.05, 3.63) is 36.2 Å². The molecule has 2 aromatic rings. The number of carbonyl (C=O) groups is 1. The second-order valence-electron chi connectivity index (χ2n) is 6.86. The third-order valence-electron chi connectivity index (χ3n) is 4.22. The number of hydrogen-bond acceptors (Lipinski definition) is 6. The van der Waals surface area contributed by atoms with Crippen LogP contribution in [0.4, 0.5) is 11.6 Å². The summed E-state index contributed by atoms with van der Waals surface area (Å²) in [5.41, 5.74) is 0.971. The van der Waals surface area contributed by atoms with Gasteiger partial charge in [-0.1, -0.05) is 13.8 Å². The van der Waals surface area contributed by atoms with Crippen molar-refractivity contribution in [3.8, 4) is 0 Å². The summed E-state index contributed by atoms with van der Waals surface area (Å²) in [5, 5.41) is 3.16. The van der Waals surface area contributed by atoms with Gasteiger partial charge < -0.3 is 10.2 Å². The Morgan fingerprint density at radius 1 is 1.32 bits per heavy atom. The van der Waals surface area contributed by atoms with Crippen LogP contribution in [-0.2, 0) is 4.79 Å². The summed E-state index contributed by atoms with van der Waals surface area (Å²) in [6, 6.07) is 1.95. The van der Waals surface area contributed by atoms with Crippen LogP contribution < -0.4 is 5.32 Å². The molecule has 0 aliphatic carbocycles. The number of amides is 1. The molecule has 0 unspecified atom stereocenters. The fourth-order valence-electron chi connectivity index (χ4n) is 3.07. The van der Waals surface area contributed by atoms with Crippen molar-refractivity contribution < 1.29 is 4.79 Å². The molecule has 1 saturated heterocycles. The van der Waals surface area contributed by atoms with Gasteiger partial charge >= 0.3 is 0 Å². The number of aryl methyl sites for hydroxylation is 1. The number of rotatable bonds is 5. The van der Waals surface area contributed by atoms with E-state index in [1.807, 2.05) is 17.9 Å². The minimum absolute atomic E-state index is 0.237. The number of carbonyl (C=O) groups excluding carboxylic acids is 1. The van der Waals surface area contributed by atoms with Gasteiger partial charge in [0.15, 0.2) is 0 Å². The van der Waals surface area contributed by atoms with Crippen molar-refractivity contribution in [1.29, 1.82) is 0 Å². The average molecular weight is 340 g/mol. The Hall–Kier alpha value is -2.57. The van der Waals surface area contributed by atoms with Crippen molar-refractivity contribution >= 4 is 17.5 Å². The lowest BCUT2D eigenvalue weighted by atomic mass is 10.0. The molecule has 1 N–H and O–H groups in total. The van der Waals surface area contributed by atoms with E-state index in [-0.39, 0.29) is 11.8 Å². The predicted octanol–water partition coefficient (Wildman–Crippen LogP) is 2.68. The maximum Gasteiger partial charge on any atom is 0.222 e.